The van der Waals surface area contributed by atoms with Crippen LogP contribution in [0.3, 0.4) is 0 Å². The number of carbonyl (C=O) groups is 3. The third-order valence-electron chi connectivity index (χ3n) is 3.94. The van der Waals surface area contributed by atoms with Crippen LogP contribution >= 0.6 is 0 Å². The molecule has 1 unspecified atom stereocenters. The van der Waals surface area contributed by atoms with E-state index in [1.165, 1.54) is 0 Å². The number of hydrogen-bond donors (Lipinski definition) is 1. The number of esters is 2. The van der Waals surface area contributed by atoms with Gasteiger partial charge >= 0.3 is 11.9 Å². The standard InChI is InChI=1S/C21H23NO5/c1-3-16(15-10-6-5-7-11-15)20(24)27-14-19(23)22-18-13-9-8-12-17(18)21(25)26-4-2/h5-13,16H,3-4,14H2,1-2H3,(H,22,23). The summed E-state index contributed by atoms with van der Waals surface area (Å²) in [7, 11) is 0. The molecule has 6 nitrogen and oxygen atoms in total. The van der Waals surface area contributed by atoms with Crippen molar-refractivity contribution in [1.82, 2.24) is 0 Å². The summed E-state index contributed by atoms with van der Waals surface area (Å²) in [5.41, 5.74) is 1.40. The topological polar surface area (TPSA) is 81.7 Å². The number of hydrogen-bond acceptors (Lipinski definition) is 5. The van der Waals surface area contributed by atoms with Crippen LogP contribution in [-0.4, -0.2) is 31.1 Å². The maximum Gasteiger partial charge on any atom is 0.340 e. The minimum absolute atomic E-state index is 0.233. The fourth-order valence-corrected chi connectivity index (χ4v) is 2.63. The van der Waals surface area contributed by atoms with Crippen LogP contribution in [0.5, 0.6) is 0 Å². The molecule has 6 heteroatoms. The van der Waals surface area contributed by atoms with Crippen LogP contribution in [0.1, 0.15) is 42.1 Å². The average Bonchev–Trinajstić information content (AvgIpc) is 2.68. The maximum absolute atomic E-state index is 12.3. The van der Waals surface area contributed by atoms with Crippen molar-refractivity contribution >= 4 is 23.5 Å². The highest BCUT2D eigenvalue weighted by Gasteiger charge is 2.21. The molecule has 0 fully saturated rings. The van der Waals surface area contributed by atoms with Gasteiger partial charge in [0.05, 0.1) is 23.8 Å². The molecule has 0 radical (unpaired) electrons. The quantitative estimate of drug-likeness (QED) is 0.720. The van der Waals surface area contributed by atoms with Crippen molar-refractivity contribution in [3.63, 3.8) is 0 Å². The van der Waals surface area contributed by atoms with E-state index < -0.39 is 30.4 Å². The molecule has 0 spiro atoms. The molecule has 1 amide bonds. The lowest BCUT2D eigenvalue weighted by molar-refractivity contribution is -0.149. The zero-order valence-corrected chi connectivity index (χ0v) is 15.4. The first kappa shape index (κ1) is 20.2. The Morgan fingerprint density at radius 3 is 2.26 bits per heavy atom. The second-order valence-corrected chi connectivity index (χ2v) is 5.79. The Kier molecular flexibility index (Phi) is 7.55. The highest BCUT2D eigenvalue weighted by Crippen LogP contribution is 2.21. The number of benzene rings is 2. The number of ether oxygens (including phenoxy) is 2. The Morgan fingerprint density at radius 2 is 1.59 bits per heavy atom. The van der Waals surface area contributed by atoms with Gasteiger partial charge in [0.15, 0.2) is 6.61 Å². The Morgan fingerprint density at radius 1 is 0.926 bits per heavy atom. The van der Waals surface area contributed by atoms with Crippen LogP contribution in [-0.2, 0) is 19.1 Å². The molecule has 2 aromatic rings. The van der Waals surface area contributed by atoms with Gasteiger partial charge in [-0.25, -0.2) is 4.79 Å². The third kappa shape index (κ3) is 5.67. The van der Waals surface area contributed by atoms with E-state index in [0.717, 1.165) is 5.56 Å². The van der Waals surface area contributed by atoms with Gasteiger partial charge in [-0.1, -0.05) is 49.4 Å². The number of nitrogens with one attached hydrogen (secondary N) is 1. The predicted molar refractivity (Wildman–Crippen MR) is 101 cm³/mol. The lowest BCUT2D eigenvalue weighted by Gasteiger charge is -2.15. The summed E-state index contributed by atoms with van der Waals surface area (Å²) in [5.74, 6) is -1.94. The second-order valence-electron chi connectivity index (χ2n) is 5.79. The maximum atomic E-state index is 12.3. The molecule has 0 saturated carbocycles. The summed E-state index contributed by atoms with van der Waals surface area (Å²) in [6, 6.07) is 15.8. The fourth-order valence-electron chi connectivity index (χ4n) is 2.63. The zero-order valence-electron chi connectivity index (χ0n) is 15.4. The lowest BCUT2D eigenvalue weighted by atomic mass is 9.97. The molecule has 0 aliphatic carbocycles. The fraction of sp³-hybridized carbons (Fsp3) is 0.286. The second kappa shape index (κ2) is 10.1. The number of amides is 1. The predicted octanol–water partition coefficient (Wildman–Crippen LogP) is 3.54. The smallest absolute Gasteiger partial charge is 0.340 e. The van der Waals surface area contributed by atoms with Gasteiger partial charge in [-0.2, -0.15) is 0 Å². The Hall–Kier alpha value is -3.15. The van der Waals surface area contributed by atoms with Crippen LogP contribution in [0.25, 0.3) is 0 Å². The molecular weight excluding hydrogens is 346 g/mol. The van der Waals surface area contributed by atoms with Crippen molar-refractivity contribution in [2.24, 2.45) is 0 Å². The van der Waals surface area contributed by atoms with Gasteiger partial charge in [0.2, 0.25) is 0 Å². The molecule has 0 aliphatic heterocycles. The molecular formula is C21H23NO5. The third-order valence-corrected chi connectivity index (χ3v) is 3.94. The Labute approximate surface area is 158 Å². The highest BCUT2D eigenvalue weighted by atomic mass is 16.5. The molecule has 142 valence electrons. The SMILES string of the molecule is CCOC(=O)c1ccccc1NC(=O)COC(=O)C(CC)c1ccccc1. The van der Waals surface area contributed by atoms with E-state index in [4.69, 9.17) is 9.47 Å². The Bertz CT molecular complexity index is 788. The van der Waals surface area contributed by atoms with Gasteiger partial charge in [0, 0.05) is 0 Å². The van der Waals surface area contributed by atoms with Crippen LogP contribution in [0.4, 0.5) is 5.69 Å². The van der Waals surface area contributed by atoms with Gasteiger partial charge in [0.1, 0.15) is 0 Å². The van der Waals surface area contributed by atoms with E-state index in [-0.39, 0.29) is 12.2 Å². The van der Waals surface area contributed by atoms with Crippen LogP contribution in [0.15, 0.2) is 54.6 Å². The minimum atomic E-state index is -0.527. The summed E-state index contributed by atoms with van der Waals surface area (Å²) in [6.07, 6.45) is 0.566. The van der Waals surface area contributed by atoms with Crippen molar-refractivity contribution in [1.29, 1.82) is 0 Å². The van der Waals surface area contributed by atoms with Crippen molar-refractivity contribution in [2.75, 3.05) is 18.5 Å². The van der Waals surface area contributed by atoms with Crippen LogP contribution < -0.4 is 5.32 Å². The zero-order chi connectivity index (χ0) is 19.6. The highest BCUT2D eigenvalue weighted by molar-refractivity contribution is 6.02. The van der Waals surface area contributed by atoms with Gasteiger partial charge in [-0.15, -0.1) is 0 Å². The van der Waals surface area contributed by atoms with E-state index in [1.54, 1.807) is 31.2 Å². The molecule has 1 N–H and O–H groups in total. The van der Waals surface area contributed by atoms with Gasteiger partial charge in [0.25, 0.3) is 5.91 Å². The van der Waals surface area contributed by atoms with E-state index >= 15 is 0 Å². The number of anilines is 1. The molecule has 2 aromatic carbocycles. The lowest BCUT2D eigenvalue weighted by Crippen LogP contribution is -2.24. The number of rotatable bonds is 8. The molecule has 0 saturated heterocycles. The summed E-state index contributed by atoms with van der Waals surface area (Å²) in [6.45, 7) is 3.39. The van der Waals surface area contributed by atoms with E-state index in [2.05, 4.69) is 5.32 Å². The molecule has 0 bridgehead atoms. The normalized spacial score (nSPS) is 11.3. The van der Waals surface area contributed by atoms with Crippen LogP contribution in [0, 0.1) is 0 Å². The van der Waals surface area contributed by atoms with Gasteiger partial charge in [-0.3, -0.25) is 9.59 Å². The number of carbonyl (C=O) groups excluding carboxylic acids is 3. The first-order valence-corrected chi connectivity index (χ1v) is 8.84. The number of para-hydroxylation sites is 1. The molecule has 0 heterocycles. The van der Waals surface area contributed by atoms with E-state index in [9.17, 15) is 14.4 Å². The minimum Gasteiger partial charge on any atom is -0.462 e. The molecule has 2 rings (SSSR count). The Balaban J connectivity index is 1.97. The van der Waals surface area contributed by atoms with Crippen LogP contribution in [0.2, 0.25) is 0 Å². The average molecular weight is 369 g/mol. The summed E-state index contributed by atoms with van der Waals surface area (Å²) in [4.78, 5) is 36.4. The largest absolute Gasteiger partial charge is 0.462 e. The van der Waals surface area contributed by atoms with Gasteiger partial charge in [-0.05, 0) is 31.0 Å². The monoisotopic (exact) mass is 369 g/mol. The van der Waals surface area contributed by atoms with Crippen molar-refractivity contribution < 1.29 is 23.9 Å². The van der Waals surface area contributed by atoms with Crippen molar-refractivity contribution in [3.05, 3.63) is 65.7 Å². The molecule has 0 aromatic heterocycles. The molecule has 1 atom stereocenters. The van der Waals surface area contributed by atoms with E-state index in [0.29, 0.717) is 12.1 Å². The first-order chi connectivity index (χ1) is 13.1. The summed E-state index contributed by atoms with van der Waals surface area (Å²) < 4.78 is 10.1. The van der Waals surface area contributed by atoms with Gasteiger partial charge < -0.3 is 14.8 Å². The van der Waals surface area contributed by atoms with Crippen molar-refractivity contribution in [3.8, 4) is 0 Å². The molecule has 27 heavy (non-hydrogen) atoms. The first-order valence-electron chi connectivity index (χ1n) is 8.84. The molecule has 0 aliphatic rings. The van der Waals surface area contributed by atoms with Crippen molar-refractivity contribution in [2.45, 2.75) is 26.2 Å². The summed E-state index contributed by atoms with van der Waals surface area (Å²) in [5, 5.41) is 2.58. The van der Waals surface area contributed by atoms with E-state index in [1.807, 2.05) is 37.3 Å². The summed E-state index contributed by atoms with van der Waals surface area (Å²) >= 11 is 0.